The fraction of sp³-hybridized carbons (Fsp3) is 0.0588. The summed E-state index contributed by atoms with van der Waals surface area (Å²) in [7, 11) is 0. The van der Waals surface area contributed by atoms with Crippen molar-refractivity contribution >= 4 is 44.8 Å². The van der Waals surface area contributed by atoms with Crippen LogP contribution in [0.2, 0.25) is 5.02 Å². The Kier molecular flexibility index (Phi) is 5.10. The van der Waals surface area contributed by atoms with Gasteiger partial charge in [0.25, 0.3) is 0 Å². The van der Waals surface area contributed by atoms with E-state index in [2.05, 4.69) is 20.9 Å². The summed E-state index contributed by atoms with van der Waals surface area (Å²) in [4.78, 5) is 16.6. The number of thiazole rings is 1. The maximum absolute atomic E-state index is 12.1. The molecule has 3 rings (SSSR count). The number of ether oxygens (including phenoxy) is 1. The minimum Gasteiger partial charge on any atom is -0.456 e. The van der Waals surface area contributed by atoms with Crippen LogP contribution in [0, 0.1) is 0 Å². The lowest BCUT2D eigenvalue weighted by atomic mass is 10.2. The number of carbonyl (C=O) groups is 1. The topological polar surface area (TPSA) is 39.2 Å². The molecule has 0 amide bonds. The molecule has 0 aliphatic carbocycles. The average Bonchev–Trinajstić information content (AvgIpc) is 3.05. The van der Waals surface area contributed by atoms with Gasteiger partial charge in [0.15, 0.2) is 0 Å². The van der Waals surface area contributed by atoms with Crippen LogP contribution in [0.15, 0.2) is 58.4 Å². The highest BCUT2D eigenvalue weighted by atomic mass is 79.9. The Balaban J connectivity index is 1.68. The molecule has 1 heterocycles. The van der Waals surface area contributed by atoms with E-state index in [0.717, 1.165) is 15.0 Å². The molecule has 116 valence electrons. The highest BCUT2D eigenvalue weighted by Crippen LogP contribution is 2.25. The molecule has 0 radical (unpaired) electrons. The number of esters is 1. The second-order valence-corrected chi connectivity index (χ2v) is 6.89. The van der Waals surface area contributed by atoms with Gasteiger partial charge in [-0.05, 0) is 18.2 Å². The van der Waals surface area contributed by atoms with Crippen molar-refractivity contribution in [2.24, 2.45) is 0 Å². The minimum absolute atomic E-state index is 0.116. The summed E-state index contributed by atoms with van der Waals surface area (Å²) < 4.78 is 6.07. The van der Waals surface area contributed by atoms with Crippen LogP contribution in [-0.4, -0.2) is 11.0 Å². The highest BCUT2D eigenvalue weighted by molar-refractivity contribution is 9.10. The van der Waals surface area contributed by atoms with E-state index < -0.39 is 5.97 Å². The highest BCUT2D eigenvalue weighted by Gasteiger charge is 2.13. The summed E-state index contributed by atoms with van der Waals surface area (Å²) in [5, 5.41) is 3.15. The predicted molar refractivity (Wildman–Crippen MR) is 95.8 cm³/mol. The van der Waals surface area contributed by atoms with Gasteiger partial charge in [0.2, 0.25) is 0 Å². The molecule has 6 heteroatoms. The molecule has 0 aliphatic heterocycles. The summed E-state index contributed by atoms with van der Waals surface area (Å²) in [6, 6.07) is 14.9. The summed E-state index contributed by atoms with van der Waals surface area (Å²) in [5.41, 5.74) is 2.10. The molecule has 0 saturated heterocycles. The van der Waals surface area contributed by atoms with Gasteiger partial charge in [-0.15, -0.1) is 11.3 Å². The lowest BCUT2D eigenvalue weighted by Gasteiger charge is -2.05. The van der Waals surface area contributed by atoms with Gasteiger partial charge in [-0.2, -0.15) is 0 Å². The number of halogens is 2. The third-order valence-electron chi connectivity index (χ3n) is 3.07. The number of carbonyl (C=O) groups excluding carboxylic acids is 1. The first-order chi connectivity index (χ1) is 11.1. The van der Waals surface area contributed by atoms with Crippen molar-refractivity contribution in [1.29, 1.82) is 0 Å². The Bertz CT molecular complexity index is 836. The molecular formula is C17H11BrClNO2S. The molecule has 0 fully saturated rings. The lowest BCUT2D eigenvalue weighted by Crippen LogP contribution is -2.06. The van der Waals surface area contributed by atoms with Gasteiger partial charge in [0, 0.05) is 15.4 Å². The standard InChI is InChI=1S/C17H11BrClNO2S/c18-12-6-7-15(19)14(8-12)17(21)22-9-13-10-23-16(20-13)11-4-2-1-3-5-11/h1-8,10H,9H2. The van der Waals surface area contributed by atoms with E-state index in [1.54, 1.807) is 18.2 Å². The first-order valence-electron chi connectivity index (χ1n) is 6.75. The first kappa shape index (κ1) is 16.2. The predicted octanol–water partition coefficient (Wildman–Crippen LogP) is 5.58. The van der Waals surface area contributed by atoms with Crippen molar-refractivity contribution in [1.82, 2.24) is 4.98 Å². The van der Waals surface area contributed by atoms with Gasteiger partial charge in [0.1, 0.15) is 11.6 Å². The number of hydrogen-bond donors (Lipinski definition) is 0. The third-order valence-corrected chi connectivity index (χ3v) is 4.83. The first-order valence-corrected chi connectivity index (χ1v) is 8.80. The maximum Gasteiger partial charge on any atom is 0.340 e. The molecule has 0 aliphatic rings. The van der Waals surface area contributed by atoms with Crippen molar-refractivity contribution in [3.8, 4) is 10.6 Å². The Morgan fingerprint density at radius 1 is 1.22 bits per heavy atom. The molecule has 0 unspecified atom stereocenters. The van der Waals surface area contributed by atoms with E-state index >= 15 is 0 Å². The molecule has 0 bridgehead atoms. The molecule has 0 atom stereocenters. The normalized spacial score (nSPS) is 10.5. The average molecular weight is 409 g/mol. The zero-order chi connectivity index (χ0) is 16.2. The third kappa shape index (κ3) is 3.99. The Morgan fingerprint density at radius 2 is 2.00 bits per heavy atom. The molecule has 2 aromatic carbocycles. The van der Waals surface area contributed by atoms with Crippen LogP contribution >= 0.6 is 38.9 Å². The van der Waals surface area contributed by atoms with E-state index in [4.69, 9.17) is 16.3 Å². The number of nitrogens with zero attached hydrogens (tertiary/aromatic N) is 1. The van der Waals surface area contributed by atoms with Gasteiger partial charge < -0.3 is 4.74 Å². The summed E-state index contributed by atoms with van der Waals surface area (Å²) in [5.74, 6) is -0.467. The monoisotopic (exact) mass is 407 g/mol. The molecule has 23 heavy (non-hydrogen) atoms. The van der Waals surface area contributed by atoms with Crippen LogP contribution in [0.3, 0.4) is 0 Å². The molecule has 0 saturated carbocycles. The van der Waals surface area contributed by atoms with E-state index in [0.29, 0.717) is 16.3 Å². The summed E-state index contributed by atoms with van der Waals surface area (Å²) >= 11 is 10.9. The number of rotatable bonds is 4. The Labute approximate surface area is 151 Å². The molecule has 0 spiro atoms. The molecule has 3 nitrogen and oxygen atoms in total. The van der Waals surface area contributed by atoms with Crippen LogP contribution in [-0.2, 0) is 11.3 Å². The fourth-order valence-electron chi connectivity index (χ4n) is 1.96. The zero-order valence-electron chi connectivity index (χ0n) is 11.8. The number of benzene rings is 2. The van der Waals surface area contributed by atoms with Crippen LogP contribution in [0.25, 0.3) is 10.6 Å². The SMILES string of the molecule is O=C(OCc1csc(-c2ccccc2)n1)c1cc(Br)ccc1Cl. The van der Waals surface area contributed by atoms with Gasteiger partial charge in [0.05, 0.1) is 16.3 Å². The smallest absolute Gasteiger partial charge is 0.340 e. The van der Waals surface area contributed by atoms with Crippen LogP contribution in [0.1, 0.15) is 16.1 Å². The van der Waals surface area contributed by atoms with E-state index in [1.165, 1.54) is 11.3 Å². The minimum atomic E-state index is -0.467. The maximum atomic E-state index is 12.1. The molecule has 3 aromatic rings. The van der Waals surface area contributed by atoms with E-state index in [-0.39, 0.29) is 6.61 Å². The molecular weight excluding hydrogens is 398 g/mol. The van der Waals surface area contributed by atoms with Crippen molar-refractivity contribution in [2.75, 3.05) is 0 Å². The summed E-state index contributed by atoms with van der Waals surface area (Å²) in [6.07, 6.45) is 0. The van der Waals surface area contributed by atoms with Crippen LogP contribution < -0.4 is 0 Å². The van der Waals surface area contributed by atoms with Crippen LogP contribution in [0.5, 0.6) is 0 Å². The molecule has 0 N–H and O–H groups in total. The number of aromatic nitrogens is 1. The summed E-state index contributed by atoms with van der Waals surface area (Å²) in [6.45, 7) is 0.116. The van der Waals surface area contributed by atoms with Gasteiger partial charge >= 0.3 is 5.97 Å². The van der Waals surface area contributed by atoms with E-state index in [9.17, 15) is 4.79 Å². The lowest BCUT2D eigenvalue weighted by molar-refractivity contribution is 0.0468. The Hall–Kier alpha value is -1.69. The van der Waals surface area contributed by atoms with Gasteiger partial charge in [-0.25, -0.2) is 9.78 Å². The Morgan fingerprint density at radius 3 is 2.78 bits per heavy atom. The van der Waals surface area contributed by atoms with Crippen molar-refractivity contribution in [3.05, 3.63) is 74.7 Å². The van der Waals surface area contributed by atoms with Gasteiger partial charge in [-0.1, -0.05) is 57.9 Å². The van der Waals surface area contributed by atoms with E-state index in [1.807, 2.05) is 35.7 Å². The van der Waals surface area contributed by atoms with Crippen molar-refractivity contribution in [2.45, 2.75) is 6.61 Å². The largest absolute Gasteiger partial charge is 0.456 e. The molecule has 1 aromatic heterocycles. The van der Waals surface area contributed by atoms with Gasteiger partial charge in [-0.3, -0.25) is 0 Å². The van der Waals surface area contributed by atoms with Crippen molar-refractivity contribution in [3.63, 3.8) is 0 Å². The fourth-order valence-corrected chi connectivity index (χ4v) is 3.32. The second kappa shape index (κ2) is 7.25. The second-order valence-electron chi connectivity index (χ2n) is 4.71. The van der Waals surface area contributed by atoms with Crippen LogP contribution in [0.4, 0.5) is 0 Å². The quantitative estimate of drug-likeness (QED) is 0.529. The zero-order valence-corrected chi connectivity index (χ0v) is 15.0. The van der Waals surface area contributed by atoms with Crippen molar-refractivity contribution < 1.29 is 9.53 Å². The number of hydrogen-bond acceptors (Lipinski definition) is 4.